The number of fused-ring (bicyclic) bond motifs is 1. The largest absolute Gasteiger partial charge is 0.506 e. The van der Waals surface area contributed by atoms with Crippen LogP contribution in [0.3, 0.4) is 0 Å². The van der Waals surface area contributed by atoms with Crippen LogP contribution in [0.15, 0.2) is 62.4 Å². The molecule has 6 heteroatoms. The molecular formula is C22H16BrClN2O2. The van der Waals surface area contributed by atoms with Crippen LogP contribution in [0.2, 0.25) is 5.02 Å². The Kier molecular flexibility index (Phi) is 4.96. The molecule has 0 bridgehead atoms. The number of benzene rings is 3. The quantitative estimate of drug-likeness (QED) is 0.339. The first-order chi connectivity index (χ1) is 13.5. The molecule has 140 valence electrons. The van der Waals surface area contributed by atoms with Gasteiger partial charge >= 0.3 is 0 Å². The SMILES string of the molecule is Cc1c(Cl)c(C)c(C=Nc2ccc(-c3nc4ccccc4o3)cc2)c(O)c1Br. The first-order valence-electron chi connectivity index (χ1n) is 8.63. The number of phenolic OH excluding ortho intramolecular Hbond substituents is 1. The van der Waals surface area contributed by atoms with E-state index in [-0.39, 0.29) is 5.75 Å². The highest BCUT2D eigenvalue weighted by molar-refractivity contribution is 9.10. The van der Waals surface area contributed by atoms with Crippen molar-refractivity contribution in [2.45, 2.75) is 13.8 Å². The van der Waals surface area contributed by atoms with Crippen molar-refractivity contribution in [3.63, 3.8) is 0 Å². The summed E-state index contributed by atoms with van der Waals surface area (Å²) in [5, 5.41) is 11.0. The molecule has 0 atom stereocenters. The average Bonchev–Trinajstić information content (AvgIpc) is 3.15. The van der Waals surface area contributed by atoms with Crippen LogP contribution in [0.4, 0.5) is 5.69 Å². The summed E-state index contributed by atoms with van der Waals surface area (Å²) in [6, 6.07) is 15.2. The molecule has 0 aliphatic heterocycles. The number of halogens is 2. The molecule has 0 saturated carbocycles. The van der Waals surface area contributed by atoms with Crippen molar-refractivity contribution < 1.29 is 9.52 Å². The molecule has 3 aromatic carbocycles. The summed E-state index contributed by atoms with van der Waals surface area (Å²) < 4.78 is 6.37. The van der Waals surface area contributed by atoms with Crippen molar-refractivity contribution >= 4 is 50.5 Å². The second-order valence-electron chi connectivity index (χ2n) is 6.43. The molecule has 0 amide bonds. The van der Waals surface area contributed by atoms with Crippen molar-refractivity contribution in [3.8, 4) is 17.2 Å². The summed E-state index contributed by atoms with van der Waals surface area (Å²) in [6.45, 7) is 3.71. The highest BCUT2D eigenvalue weighted by Gasteiger charge is 2.15. The molecule has 0 unspecified atom stereocenters. The zero-order valence-corrected chi connectivity index (χ0v) is 17.5. The van der Waals surface area contributed by atoms with Gasteiger partial charge in [0.05, 0.1) is 10.2 Å². The fourth-order valence-corrected chi connectivity index (χ4v) is 3.67. The average molecular weight is 456 g/mol. The third kappa shape index (κ3) is 3.32. The monoisotopic (exact) mass is 454 g/mol. The molecule has 0 fully saturated rings. The van der Waals surface area contributed by atoms with Crippen molar-refractivity contribution in [1.29, 1.82) is 0 Å². The zero-order valence-electron chi connectivity index (χ0n) is 15.2. The number of aromatic nitrogens is 1. The fraction of sp³-hybridized carbons (Fsp3) is 0.0909. The highest BCUT2D eigenvalue weighted by atomic mass is 79.9. The topological polar surface area (TPSA) is 58.6 Å². The maximum Gasteiger partial charge on any atom is 0.227 e. The van der Waals surface area contributed by atoms with Gasteiger partial charge < -0.3 is 9.52 Å². The van der Waals surface area contributed by atoms with Gasteiger partial charge in [-0.25, -0.2) is 4.98 Å². The Morgan fingerprint density at radius 3 is 2.50 bits per heavy atom. The van der Waals surface area contributed by atoms with Crippen LogP contribution >= 0.6 is 27.5 Å². The standard InChI is InChI=1S/C22H16BrClN2O2/c1-12-16(21(27)19(23)13(2)20(12)24)11-25-15-9-7-14(8-10-15)22-26-17-5-3-4-6-18(17)28-22/h3-11,27H,1-2H3. The number of rotatable bonds is 3. The number of nitrogens with zero attached hydrogens (tertiary/aromatic N) is 2. The van der Waals surface area contributed by atoms with E-state index in [1.165, 1.54) is 0 Å². The van der Waals surface area contributed by atoms with E-state index in [0.717, 1.165) is 33.5 Å². The molecule has 0 aliphatic rings. The maximum absolute atomic E-state index is 10.4. The maximum atomic E-state index is 10.4. The Hall–Kier alpha value is -2.63. The first-order valence-corrected chi connectivity index (χ1v) is 9.80. The summed E-state index contributed by atoms with van der Waals surface area (Å²) >= 11 is 9.72. The van der Waals surface area contributed by atoms with E-state index in [0.29, 0.717) is 20.9 Å². The summed E-state index contributed by atoms with van der Waals surface area (Å²) in [6.07, 6.45) is 1.62. The van der Waals surface area contributed by atoms with Gasteiger partial charge in [-0.2, -0.15) is 0 Å². The van der Waals surface area contributed by atoms with Crippen LogP contribution in [0.1, 0.15) is 16.7 Å². The minimum absolute atomic E-state index is 0.131. The van der Waals surface area contributed by atoms with Crippen molar-refractivity contribution in [3.05, 3.63) is 74.7 Å². The summed E-state index contributed by atoms with van der Waals surface area (Å²) in [5.74, 6) is 0.700. The Bertz CT molecular complexity index is 1150. The van der Waals surface area contributed by atoms with Gasteiger partial charge in [-0.1, -0.05) is 23.7 Å². The Labute approximate surface area is 175 Å². The predicted molar refractivity (Wildman–Crippen MR) is 117 cm³/mol. The van der Waals surface area contributed by atoms with Crippen LogP contribution in [0, 0.1) is 13.8 Å². The molecule has 0 aliphatic carbocycles. The van der Waals surface area contributed by atoms with Crippen molar-refractivity contribution in [1.82, 2.24) is 4.98 Å². The summed E-state index contributed by atoms with van der Waals surface area (Å²) in [5.41, 5.74) is 5.37. The minimum atomic E-state index is 0.131. The third-order valence-corrected chi connectivity index (χ3v) is 6.14. The lowest BCUT2D eigenvalue weighted by molar-refractivity contribution is 0.470. The number of hydrogen-bond acceptors (Lipinski definition) is 4. The molecule has 4 nitrogen and oxygen atoms in total. The molecule has 1 aromatic heterocycles. The Morgan fingerprint density at radius 1 is 1.07 bits per heavy atom. The zero-order chi connectivity index (χ0) is 19.8. The van der Waals surface area contributed by atoms with E-state index in [1.54, 1.807) is 6.21 Å². The van der Waals surface area contributed by atoms with Crippen LogP contribution in [-0.4, -0.2) is 16.3 Å². The van der Waals surface area contributed by atoms with E-state index >= 15 is 0 Å². The van der Waals surface area contributed by atoms with Gasteiger partial charge in [0.1, 0.15) is 11.3 Å². The van der Waals surface area contributed by atoms with Gasteiger partial charge in [-0.3, -0.25) is 4.99 Å². The van der Waals surface area contributed by atoms with Gasteiger partial charge in [0.15, 0.2) is 5.58 Å². The Balaban J connectivity index is 1.63. The van der Waals surface area contributed by atoms with Gasteiger partial charge in [-0.05, 0) is 77.3 Å². The van der Waals surface area contributed by atoms with E-state index in [1.807, 2.05) is 62.4 Å². The lowest BCUT2D eigenvalue weighted by atomic mass is 10.0. The minimum Gasteiger partial charge on any atom is -0.506 e. The second-order valence-corrected chi connectivity index (χ2v) is 7.60. The van der Waals surface area contributed by atoms with Gasteiger partial charge in [0.25, 0.3) is 0 Å². The molecule has 4 rings (SSSR count). The number of aliphatic imine (C=N–C) groups is 1. The number of oxazole rings is 1. The van der Waals surface area contributed by atoms with Crippen LogP contribution in [-0.2, 0) is 0 Å². The predicted octanol–water partition coefficient (Wildman–Crippen LogP) is 6.98. The molecule has 1 heterocycles. The van der Waals surface area contributed by atoms with E-state index in [4.69, 9.17) is 16.0 Å². The molecule has 4 aromatic rings. The van der Waals surface area contributed by atoms with Gasteiger partial charge in [0, 0.05) is 22.4 Å². The fourth-order valence-electron chi connectivity index (χ4n) is 2.95. The summed E-state index contributed by atoms with van der Waals surface area (Å²) in [4.78, 5) is 8.97. The molecule has 0 radical (unpaired) electrons. The molecule has 0 saturated heterocycles. The first kappa shape index (κ1) is 18.7. The normalized spacial score (nSPS) is 11.6. The van der Waals surface area contributed by atoms with Crippen molar-refractivity contribution in [2.75, 3.05) is 0 Å². The molecular weight excluding hydrogens is 440 g/mol. The number of hydrogen-bond donors (Lipinski definition) is 1. The molecule has 0 spiro atoms. The van der Waals surface area contributed by atoms with Gasteiger partial charge in [-0.15, -0.1) is 0 Å². The lowest BCUT2D eigenvalue weighted by Crippen LogP contribution is -1.94. The molecule has 28 heavy (non-hydrogen) atoms. The molecule has 1 N–H and O–H groups in total. The second kappa shape index (κ2) is 7.41. The number of phenols is 1. The number of para-hydroxylation sites is 2. The van der Waals surface area contributed by atoms with Crippen LogP contribution < -0.4 is 0 Å². The van der Waals surface area contributed by atoms with Crippen molar-refractivity contribution in [2.24, 2.45) is 4.99 Å². The van der Waals surface area contributed by atoms with Crippen LogP contribution in [0.5, 0.6) is 5.75 Å². The Morgan fingerprint density at radius 2 is 1.79 bits per heavy atom. The smallest absolute Gasteiger partial charge is 0.227 e. The van der Waals surface area contributed by atoms with E-state index < -0.39 is 0 Å². The lowest BCUT2D eigenvalue weighted by Gasteiger charge is -2.11. The van der Waals surface area contributed by atoms with E-state index in [9.17, 15) is 5.11 Å². The van der Waals surface area contributed by atoms with Crippen LogP contribution in [0.25, 0.3) is 22.6 Å². The number of aromatic hydroxyl groups is 1. The van der Waals surface area contributed by atoms with E-state index in [2.05, 4.69) is 25.9 Å². The van der Waals surface area contributed by atoms with Gasteiger partial charge in [0.2, 0.25) is 5.89 Å². The summed E-state index contributed by atoms with van der Waals surface area (Å²) in [7, 11) is 0. The highest BCUT2D eigenvalue weighted by Crippen LogP contribution is 2.38. The third-order valence-electron chi connectivity index (χ3n) is 4.61.